The minimum Gasteiger partial charge on any atom is -0.464 e. The van der Waals surface area contributed by atoms with Gasteiger partial charge in [-0.2, -0.15) is 0 Å². The number of aryl methyl sites for hydroxylation is 1. The van der Waals surface area contributed by atoms with Gasteiger partial charge in [0.1, 0.15) is 11.8 Å². The summed E-state index contributed by atoms with van der Waals surface area (Å²) < 4.78 is 5.37. The molecule has 0 spiro atoms. The minimum absolute atomic E-state index is 0.0625. The lowest BCUT2D eigenvalue weighted by molar-refractivity contribution is 0.103. The van der Waals surface area contributed by atoms with E-state index in [4.69, 9.17) is 4.42 Å². The van der Waals surface area contributed by atoms with E-state index in [2.05, 4.69) is 4.98 Å². The normalized spacial score (nSPS) is 10.7. The van der Waals surface area contributed by atoms with Gasteiger partial charge >= 0.3 is 0 Å². The maximum absolute atomic E-state index is 12.3. The molecule has 0 atom stereocenters. The predicted octanol–water partition coefficient (Wildman–Crippen LogP) is 3.37. The quantitative estimate of drug-likeness (QED) is 0.642. The molecule has 88 valence electrons. The van der Waals surface area contributed by atoms with Crippen molar-refractivity contribution in [3.63, 3.8) is 0 Å². The van der Waals surface area contributed by atoms with Gasteiger partial charge in [0.05, 0.1) is 5.56 Å². The second-order valence-corrected chi connectivity index (χ2v) is 4.16. The van der Waals surface area contributed by atoms with E-state index in [1.54, 1.807) is 12.3 Å². The maximum atomic E-state index is 12.3. The standard InChI is InChI=1S/C15H11NO2/c1-10-6-7-11(8-16-10)15(17)13-9-18-14-5-3-2-4-12(13)14/h2-9H,1H3. The molecule has 1 aromatic carbocycles. The van der Waals surface area contributed by atoms with E-state index in [1.165, 1.54) is 6.26 Å². The summed E-state index contributed by atoms with van der Waals surface area (Å²) >= 11 is 0. The van der Waals surface area contributed by atoms with Crippen LogP contribution in [0.25, 0.3) is 11.0 Å². The SMILES string of the molecule is Cc1ccc(C(=O)c2coc3ccccc23)cn1. The first-order chi connectivity index (χ1) is 8.75. The molecule has 0 saturated carbocycles. The van der Waals surface area contributed by atoms with Crippen molar-refractivity contribution in [1.29, 1.82) is 0 Å². The Kier molecular flexibility index (Phi) is 2.45. The lowest BCUT2D eigenvalue weighted by atomic mass is 10.0. The van der Waals surface area contributed by atoms with Crippen molar-refractivity contribution < 1.29 is 9.21 Å². The number of benzene rings is 1. The highest BCUT2D eigenvalue weighted by Crippen LogP contribution is 2.23. The number of hydrogen-bond acceptors (Lipinski definition) is 3. The lowest BCUT2D eigenvalue weighted by Crippen LogP contribution is -2.01. The molecule has 0 N–H and O–H groups in total. The summed E-state index contributed by atoms with van der Waals surface area (Å²) in [5.41, 5.74) is 2.77. The van der Waals surface area contributed by atoms with Crippen LogP contribution in [-0.2, 0) is 0 Å². The summed E-state index contributed by atoms with van der Waals surface area (Å²) in [5, 5.41) is 0.836. The first-order valence-electron chi connectivity index (χ1n) is 5.69. The van der Waals surface area contributed by atoms with Crippen LogP contribution < -0.4 is 0 Å². The van der Waals surface area contributed by atoms with E-state index < -0.39 is 0 Å². The zero-order chi connectivity index (χ0) is 12.5. The van der Waals surface area contributed by atoms with E-state index >= 15 is 0 Å². The van der Waals surface area contributed by atoms with E-state index in [9.17, 15) is 4.79 Å². The molecule has 0 amide bonds. The summed E-state index contributed by atoms with van der Waals surface area (Å²) in [6.45, 7) is 1.89. The molecule has 18 heavy (non-hydrogen) atoms. The van der Waals surface area contributed by atoms with Crippen LogP contribution in [0.5, 0.6) is 0 Å². The molecule has 3 heteroatoms. The first-order valence-corrected chi connectivity index (χ1v) is 5.69. The second-order valence-electron chi connectivity index (χ2n) is 4.16. The van der Waals surface area contributed by atoms with Crippen LogP contribution in [0.15, 0.2) is 53.3 Å². The fourth-order valence-electron chi connectivity index (χ4n) is 1.91. The van der Waals surface area contributed by atoms with E-state index in [0.717, 1.165) is 16.7 Å². The molecule has 3 aromatic rings. The van der Waals surface area contributed by atoms with E-state index in [-0.39, 0.29) is 5.78 Å². The van der Waals surface area contributed by atoms with Gasteiger partial charge in [-0.25, -0.2) is 0 Å². The highest BCUT2D eigenvalue weighted by Gasteiger charge is 2.15. The highest BCUT2D eigenvalue weighted by molar-refractivity contribution is 6.15. The summed E-state index contributed by atoms with van der Waals surface area (Å²) in [7, 11) is 0. The van der Waals surface area contributed by atoms with Gasteiger partial charge in [0.15, 0.2) is 5.78 Å². The molecule has 2 aromatic heterocycles. The van der Waals surface area contributed by atoms with Crippen LogP contribution in [0.3, 0.4) is 0 Å². The van der Waals surface area contributed by atoms with Crippen molar-refractivity contribution in [2.75, 3.05) is 0 Å². The molecule has 3 rings (SSSR count). The van der Waals surface area contributed by atoms with Crippen LogP contribution in [0.1, 0.15) is 21.6 Å². The van der Waals surface area contributed by atoms with Crippen LogP contribution in [0, 0.1) is 6.92 Å². The summed E-state index contributed by atoms with van der Waals surface area (Å²) in [5.74, 6) is -0.0625. The Hall–Kier alpha value is -2.42. The Morgan fingerprint density at radius 2 is 2.00 bits per heavy atom. The monoisotopic (exact) mass is 237 g/mol. The summed E-state index contributed by atoms with van der Waals surface area (Å²) in [6.07, 6.45) is 3.10. The fourth-order valence-corrected chi connectivity index (χ4v) is 1.91. The van der Waals surface area contributed by atoms with Crippen molar-refractivity contribution in [3.05, 3.63) is 65.7 Å². The van der Waals surface area contributed by atoms with Crippen molar-refractivity contribution in [3.8, 4) is 0 Å². The van der Waals surface area contributed by atoms with Crippen LogP contribution in [-0.4, -0.2) is 10.8 Å². The highest BCUT2D eigenvalue weighted by atomic mass is 16.3. The Morgan fingerprint density at radius 1 is 1.17 bits per heavy atom. The Labute approximate surface area is 104 Å². The minimum atomic E-state index is -0.0625. The molecule has 0 unspecified atom stereocenters. The number of carbonyl (C=O) groups excluding carboxylic acids is 1. The zero-order valence-corrected chi connectivity index (χ0v) is 9.88. The van der Waals surface area contributed by atoms with Crippen molar-refractivity contribution >= 4 is 16.8 Å². The van der Waals surface area contributed by atoms with Gasteiger partial charge in [-0.3, -0.25) is 9.78 Å². The van der Waals surface area contributed by atoms with Gasteiger partial charge in [-0.15, -0.1) is 0 Å². The Balaban J connectivity index is 2.09. The van der Waals surface area contributed by atoms with Gasteiger partial charge in [0.25, 0.3) is 0 Å². The maximum Gasteiger partial charge on any atom is 0.198 e. The van der Waals surface area contributed by atoms with Gasteiger partial charge < -0.3 is 4.42 Å². The third kappa shape index (κ3) is 1.70. The average Bonchev–Trinajstić information content (AvgIpc) is 2.82. The molecular formula is C15H11NO2. The number of rotatable bonds is 2. The average molecular weight is 237 g/mol. The molecule has 2 heterocycles. The molecule has 0 bridgehead atoms. The number of fused-ring (bicyclic) bond motifs is 1. The Morgan fingerprint density at radius 3 is 2.78 bits per heavy atom. The van der Waals surface area contributed by atoms with Gasteiger partial charge in [-0.05, 0) is 25.1 Å². The predicted molar refractivity (Wildman–Crippen MR) is 68.6 cm³/mol. The number of aromatic nitrogens is 1. The number of hydrogen-bond donors (Lipinski definition) is 0. The van der Waals surface area contributed by atoms with E-state index in [1.807, 2.05) is 37.3 Å². The number of carbonyl (C=O) groups is 1. The topological polar surface area (TPSA) is 43.1 Å². The number of pyridine rings is 1. The number of furan rings is 1. The largest absolute Gasteiger partial charge is 0.464 e. The summed E-state index contributed by atoms with van der Waals surface area (Å²) in [4.78, 5) is 16.5. The van der Waals surface area contributed by atoms with E-state index in [0.29, 0.717) is 11.1 Å². The van der Waals surface area contributed by atoms with Crippen LogP contribution in [0.2, 0.25) is 0 Å². The smallest absolute Gasteiger partial charge is 0.198 e. The Bertz CT molecular complexity index is 711. The number of para-hydroxylation sites is 1. The second kappa shape index (κ2) is 4.11. The molecule has 0 aliphatic rings. The number of nitrogens with zero attached hydrogens (tertiary/aromatic N) is 1. The number of ketones is 1. The molecule has 0 radical (unpaired) electrons. The molecule has 3 nitrogen and oxygen atoms in total. The molecule has 0 aliphatic heterocycles. The van der Waals surface area contributed by atoms with Crippen molar-refractivity contribution in [2.45, 2.75) is 6.92 Å². The van der Waals surface area contributed by atoms with Crippen molar-refractivity contribution in [1.82, 2.24) is 4.98 Å². The van der Waals surface area contributed by atoms with Gasteiger partial charge in [0.2, 0.25) is 0 Å². The molecule has 0 aliphatic carbocycles. The van der Waals surface area contributed by atoms with Crippen molar-refractivity contribution in [2.24, 2.45) is 0 Å². The van der Waals surface area contributed by atoms with Gasteiger partial charge in [-0.1, -0.05) is 18.2 Å². The molecule has 0 fully saturated rings. The third-order valence-electron chi connectivity index (χ3n) is 2.90. The molecular weight excluding hydrogens is 226 g/mol. The lowest BCUT2D eigenvalue weighted by Gasteiger charge is -1.99. The fraction of sp³-hybridized carbons (Fsp3) is 0.0667. The van der Waals surface area contributed by atoms with Crippen LogP contribution in [0.4, 0.5) is 0 Å². The summed E-state index contributed by atoms with van der Waals surface area (Å²) in [6, 6.07) is 11.1. The molecule has 0 saturated heterocycles. The first kappa shape index (κ1) is 10.7. The third-order valence-corrected chi connectivity index (χ3v) is 2.90. The van der Waals surface area contributed by atoms with Gasteiger partial charge in [0, 0.05) is 22.8 Å². The van der Waals surface area contributed by atoms with Crippen LogP contribution >= 0.6 is 0 Å². The zero-order valence-electron chi connectivity index (χ0n) is 9.88.